The van der Waals surface area contributed by atoms with Gasteiger partial charge in [-0.15, -0.1) is 0 Å². The normalized spacial score (nSPS) is 12.6. The molecule has 1 aromatic heterocycles. The molecule has 0 bridgehead atoms. The molecule has 1 unspecified atom stereocenters. The maximum atomic E-state index is 12.0. The number of ketones is 1. The molecule has 0 amide bonds. The largest absolute Gasteiger partial charge is 0.371 e. The first-order valence-electron chi connectivity index (χ1n) is 6.29. The summed E-state index contributed by atoms with van der Waals surface area (Å²) in [6, 6.07) is 0. The summed E-state index contributed by atoms with van der Waals surface area (Å²) in [5.74, 6) is 1.14. The fourth-order valence-corrected chi connectivity index (χ4v) is 1.83. The predicted octanol–water partition coefficient (Wildman–Crippen LogP) is 2.13. The van der Waals surface area contributed by atoms with Crippen molar-refractivity contribution in [3.05, 3.63) is 18.2 Å². The lowest BCUT2D eigenvalue weighted by atomic mass is 10.1. The van der Waals surface area contributed by atoms with E-state index in [1.165, 1.54) is 0 Å². The minimum absolute atomic E-state index is 0.191. The second-order valence-electron chi connectivity index (χ2n) is 4.15. The molecule has 0 N–H and O–H groups in total. The number of carbonyl (C=O) groups is 1. The fourth-order valence-electron chi connectivity index (χ4n) is 1.83. The van der Waals surface area contributed by atoms with Crippen LogP contribution < -0.4 is 0 Å². The van der Waals surface area contributed by atoms with Crippen LogP contribution in [0.25, 0.3) is 0 Å². The zero-order valence-electron chi connectivity index (χ0n) is 11.0. The first kappa shape index (κ1) is 13.9. The quantitative estimate of drug-likeness (QED) is 0.697. The van der Waals surface area contributed by atoms with Gasteiger partial charge in [0.1, 0.15) is 11.9 Å². The third kappa shape index (κ3) is 4.30. The van der Waals surface area contributed by atoms with Gasteiger partial charge in [0.2, 0.25) is 0 Å². The summed E-state index contributed by atoms with van der Waals surface area (Å²) >= 11 is 0. The van der Waals surface area contributed by atoms with Gasteiger partial charge in [-0.2, -0.15) is 0 Å². The number of rotatable bonds is 8. The molecule has 1 rings (SSSR count). The zero-order chi connectivity index (χ0) is 12.7. The monoisotopic (exact) mass is 238 g/mol. The molecule has 0 saturated carbocycles. The van der Waals surface area contributed by atoms with Gasteiger partial charge in [0.05, 0.1) is 0 Å². The van der Waals surface area contributed by atoms with Gasteiger partial charge in [-0.3, -0.25) is 4.79 Å². The first-order valence-corrected chi connectivity index (χ1v) is 6.29. The molecule has 0 fully saturated rings. The van der Waals surface area contributed by atoms with Crippen LogP contribution in [0, 0.1) is 0 Å². The van der Waals surface area contributed by atoms with E-state index in [4.69, 9.17) is 4.74 Å². The Morgan fingerprint density at radius 3 is 2.82 bits per heavy atom. The van der Waals surface area contributed by atoms with E-state index < -0.39 is 0 Å². The van der Waals surface area contributed by atoms with E-state index in [2.05, 4.69) is 11.9 Å². The minimum atomic E-state index is -0.231. The fraction of sp³-hybridized carbons (Fsp3) is 0.692. The van der Waals surface area contributed by atoms with Gasteiger partial charge in [0, 0.05) is 38.9 Å². The van der Waals surface area contributed by atoms with Gasteiger partial charge in [-0.25, -0.2) is 4.98 Å². The molecule has 0 aliphatic heterocycles. The van der Waals surface area contributed by atoms with Gasteiger partial charge >= 0.3 is 0 Å². The predicted molar refractivity (Wildman–Crippen MR) is 66.9 cm³/mol. The van der Waals surface area contributed by atoms with Crippen molar-refractivity contribution in [2.75, 3.05) is 6.61 Å². The molecular weight excluding hydrogens is 216 g/mol. The van der Waals surface area contributed by atoms with Gasteiger partial charge in [0.15, 0.2) is 5.78 Å². The molecule has 1 atom stereocenters. The highest BCUT2D eigenvalue weighted by molar-refractivity contribution is 5.83. The van der Waals surface area contributed by atoms with E-state index in [0.29, 0.717) is 19.4 Å². The number of carbonyl (C=O) groups excluding carboxylic acids is 1. The van der Waals surface area contributed by atoms with Crippen molar-refractivity contribution in [2.45, 2.75) is 45.6 Å². The first-order chi connectivity index (χ1) is 8.19. The maximum Gasteiger partial charge on any atom is 0.161 e. The molecule has 96 valence electrons. The van der Waals surface area contributed by atoms with Crippen molar-refractivity contribution < 1.29 is 9.53 Å². The Kier molecular flexibility index (Phi) is 5.91. The van der Waals surface area contributed by atoms with Crippen LogP contribution in [0.15, 0.2) is 12.4 Å². The van der Waals surface area contributed by atoms with Crippen LogP contribution in [0.2, 0.25) is 0 Å². The Labute approximate surface area is 103 Å². The average Bonchev–Trinajstić information content (AvgIpc) is 2.71. The lowest BCUT2D eigenvalue weighted by Gasteiger charge is -2.14. The summed E-state index contributed by atoms with van der Waals surface area (Å²) in [6.07, 6.45) is 6.40. The topological polar surface area (TPSA) is 44.1 Å². The number of nitrogens with zero attached hydrogens (tertiary/aromatic N) is 2. The Morgan fingerprint density at radius 1 is 1.53 bits per heavy atom. The Balaban J connectivity index is 2.44. The SMILES string of the molecule is CCCC(OCC)C(=O)CCc1nccn1C. The lowest BCUT2D eigenvalue weighted by Crippen LogP contribution is -2.24. The van der Waals surface area contributed by atoms with Crippen LogP contribution in [-0.4, -0.2) is 28.0 Å². The van der Waals surface area contributed by atoms with Crippen molar-refractivity contribution >= 4 is 5.78 Å². The van der Waals surface area contributed by atoms with Crippen LogP contribution >= 0.6 is 0 Å². The van der Waals surface area contributed by atoms with E-state index in [1.54, 1.807) is 6.20 Å². The number of imidazole rings is 1. The smallest absolute Gasteiger partial charge is 0.161 e. The summed E-state index contributed by atoms with van der Waals surface area (Å²) < 4.78 is 7.41. The third-order valence-corrected chi connectivity index (χ3v) is 2.79. The lowest BCUT2D eigenvalue weighted by molar-refractivity contribution is -0.130. The molecule has 0 spiro atoms. The Morgan fingerprint density at radius 2 is 2.29 bits per heavy atom. The molecule has 17 heavy (non-hydrogen) atoms. The van der Waals surface area contributed by atoms with E-state index in [1.807, 2.05) is 24.7 Å². The highest BCUT2D eigenvalue weighted by Crippen LogP contribution is 2.08. The third-order valence-electron chi connectivity index (χ3n) is 2.79. The van der Waals surface area contributed by atoms with E-state index in [-0.39, 0.29) is 11.9 Å². The molecular formula is C13H22N2O2. The average molecular weight is 238 g/mol. The van der Waals surface area contributed by atoms with E-state index in [9.17, 15) is 4.79 Å². The van der Waals surface area contributed by atoms with Crippen molar-refractivity contribution in [1.82, 2.24) is 9.55 Å². The van der Waals surface area contributed by atoms with Gasteiger partial charge in [0.25, 0.3) is 0 Å². The summed E-state index contributed by atoms with van der Waals surface area (Å²) in [6.45, 7) is 4.59. The van der Waals surface area contributed by atoms with Gasteiger partial charge in [-0.05, 0) is 13.3 Å². The Bertz CT molecular complexity index is 341. The van der Waals surface area contributed by atoms with Crippen LogP contribution in [0.4, 0.5) is 0 Å². The molecule has 0 saturated heterocycles. The van der Waals surface area contributed by atoms with Crippen LogP contribution in [0.5, 0.6) is 0 Å². The summed E-state index contributed by atoms with van der Waals surface area (Å²) in [5.41, 5.74) is 0. The van der Waals surface area contributed by atoms with Crippen molar-refractivity contribution in [3.63, 3.8) is 0 Å². The van der Waals surface area contributed by atoms with Gasteiger partial charge in [-0.1, -0.05) is 13.3 Å². The standard InChI is InChI=1S/C13H22N2O2/c1-4-6-12(17-5-2)11(16)7-8-13-14-9-10-15(13)3/h9-10,12H,4-8H2,1-3H3. The highest BCUT2D eigenvalue weighted by Gasteiger charge is 2.17. The second-order valence-corrected chi connectivity index (χ2v) is 4.15. The molecule has 1 heterocycles. The number of aromatic nitrogens is 2. The number of aryl methyl sites for hydroxylation is 2. The van der Waals surface area contributed by atoms with Crippen LogP contribution in [0.3, 0.4) is 0 Å². The number of hydrogen-bond donors (Lipinski definition) is 0. The Hall–Kier alpha value is -1.16. The number of hydrogen-bond acceptors (Lipinski definition) is 3. The number of ether oxygens (including phenoxy) is 1. The molecule has 4 heteroatoms. The zero-order valence-corrected chi connectivity index (χ0v) is 11.0. The summed E-state index contributed by atoms with van der Waals surface area (Å²) in [7, 11) is 1.94. The second kappa shape index (κ2) is 7.22. The molecule has 0 radical (unpaired) electrons. The molecule has 0 aliphatic rings. The summed E-state index contributed by atoms with van der Waals surface area (Å²) in [4.78, 5) is 16.2. The van der Waals surface area contributed by atoms with Crippen LogP contribution in [0.1, 0.15) is 38.9 Å². The number of Topliss-reactive ketones (excluding diaryl/α,β-unsaturated/α-hetero) is 1. The van der Waals surface area contributed by atoms with Crippen molar-refractivity contribution in [3.8, 4) is 0 Å². The summed E-state index contributed by atoms with van der Waals surface area (Å²) in [5, 5.41) is 0. The van der Waals surface area contributed by atoms with Crippen LogP contribution in [-0.2, 0) is 23.0 Å². The molecule has 4 nitrogen and oxygen atoms in total. The molecule has 1 aromatic rings. The van der Waals surface area contributed by atoms with Crippen molar-refractivity contribution in [1.29, 1.82) is 0 Å². The van der Waals surface area contributed by atoms with Gasteiger partial charge < -0.3 is 9.30 Å². The van der Waals surface area contributed by atoms with E-state index in [0.717, 1.165) is 18.7 Å². The molecule has 0 aromatic carbocycles. The highest BCUT2D eigenvalue weighted by atomic mass is 16.5. The maximum absolute atomic E-state index is 12.0. The minimum Gasteiger partial charge on any atom is -0.371 e. The van der Waals surface area contributed by atoms with Crippen molar-refractivity contribution in [2.24, 2.45) is 7.05 Å². The van der Waals surface area contributed by atoms with E-state index >= 15 is 0 Å². The molecule has 0 aliphatic carbocycles.